The van der Waals surface area contributed by atoms with Crippen molar-refractivity contribution in [3.63, 3.8) is 0 Å². The SMILES string of the molecule is CC(C)(C)c1ccc(Oc2nc3ccccn3c(=O)c2/C=C2\SC(=S)N(Cc3ccco3)C2=O)cc1. The number of thiocarbonyl (C=S) groups is 1. The third-order valence-corrected chi connectivity index (χ3v) is 7.09. The average Bonchev–Trinajstić information content (AvgIpc) is 3.45. The number of thioether (sulfide) groups is 1. The van der Waals surface area contributed by atoms with Crippen LogP contribution in [0.4, 0.5) is 0 Å². The fraction of sp³-hybridized carbons (Fsp3) is 0.185. The number of pyridine rings is 1. The van der Waals surface area contributed by atoms with Crippen molar-refractivity contribution in [3.05, 3.63) is 99.2 Å². The minimum atomic E-state index is -0.349. The van der Waals surface area contributed by atoms with Gasteiger partial charge in [-0.3, -0.25) is 18.9 Å². The van der Waals surface area contributed by atoms with Gasteiger partial charge in [0.2, 0.25) is 5.88 Å². The average molecular weight is 518 g/mol. The van der Waals surface area contributed by atoms with E-state index in [9.17, 15) is 9.59 Å². The van der Waals surface area contributed by atoms with Crippen molar-refractivity contribution >= 4 is 45.9 Å². The van der Waals surface area contributed by atoms with Crippen molar-refractivity contribution in [3.8, 4) is 11.6 Å². The van der Waals surface area contributed by atoms with Crippen LogP contribution in [-0.2, 0) is 16.8 Å². The molecule has 4 heterocycles. The molecule has 0 unspecified atom stereocenters. The van der Waals surface area contributed by atoms with Gasteiger partial charge in [0, 0.05) is 6.20 Å². The van der Waals surface area contributed by atoms with Crippen LogP contribution >= 0.6 is 24.0 Å². The van der Waals surface area contributed by atoms with E-state index in [0.29, 0.717) is 26.4 Å². The Morgan fingerprint density at radius 3 is 2.56 bits per heavy atom. The molecule has 0 radical (unpaired) electrons. The summed E-state index contributed by atoms with van der Waals surface area (Å²) in [5, 5.41) is 0. The standard InChI is InChI=1S/C27H23N3O4S2/c1-27(2,3)17-9-11-18(12-10-17)34-23-20(24(31)29-13-5-4-8-22(29)28-23)15-21-25(32)30(26(35)36-21)16-19-7-6-14-33-19/h4-15H,16H2,1-3H3/b21-15-. The second kappa shape index (κ2) is 9.40. The van der Waals surface area contributed by atoms with Crippen molar-refractivity contribution in [2.45, 2.75) is 32.7 Å². The van der Waals surface area contributed by atoms with Gasteiger partial charge in [0.05, 0.1) is 17.7 Å². The minimum absolute atomic E-state index is 0.00582. The van der Waals surface area contributed by atoms with Gasteiger partial charge < -0.3 is 9.15 Å². The number of carbonyl (C=O) groups is 1. The van der Waals surface area contributed by atoms with Crippen LogP contribution in [0.3, 0.4) is 0 Å². The second-order valence-electron chi connectivity index (χ2n) is 9.29. The van der Waals surface area contributed by atoms with Crippen molar-refractivity contribution in [2.24, 2.45) is 0 Å². The van der Waals surface area contributed by atoms with Gasteiger partial charge in [0.15, 0.2) is 0 Å². The molecule has 182 valence electrons. The second-order valence-corrected chi connectivity index (χ2v) is 11.0. The smallest absolute Gasteiger partial charge is 0.269 e. The lowest BCUT2D eigenvalue weighted by Crippen LogP contribution is -2.27. The summed E-state index contributed by atoms with van der Waals surface area (Å²) in [6.07, 6.45) is 4.68. The molecule has 36 heavy (non-hydrogen) atoms. The predicted octanol–water partition coefficient (Wildman–Crippen LogP) is 5.78. The van der Waals surface area contributed by atoms with E-state index in [4.69, 9.17) is 21.4 Å². The van der Waals surface area contributed by atoms with Gasteiger partial charge in [-0.1, -0.05) is 63.0 Å². The number of aromatic nitrogens is 2. The van der Waals surface area contributed by atoms with Crippen LogP contribution in [0.2, 0.25) is 0 Å². The molecular formula is C27H23N3O4S2. The molecule has 0 N–H and O–H groups in total. The van der Waals surface area contributed by atoms with Crippen LogP contribution in [0.15, 0.2) is 81.2 Å². The van der Waals surface area contributed by atoms with Crippen LogP contribution in [-0.4, -0.2) is 24.5 Å². The summed E-state index contributed by atoms with van der Waals surface area (Å²) in [6.45, 7) is 6.62. The van der Waals surface area contributed by atoms with Gasteiger partial charge in [0.1, 0.15) is 27.0 Å². The van der Waals surface area contributed by atoms with Gasteiger partial charge in [0.25, 0.3) is 11.5 Å². The maximum absolute atomic E-state index is 13.5. The summed E-state index contributed by atoms with van der Waals surface area (Å²) in [5.41, 5.74) is 1.40. The first-order chi connectivity index (χ1) is 17.2. The predicted molar refractivity (Wildman–Crippen MR) is 144 cm³/mol. The highest BCUT2D eigenvalue weighted by molar-refractivity contribution is 8.26. The lowest BCUT2D eigenvalue weighted by molar-refractivity contribution is -0.122. The van der Waals surface area contributed by atoms with E-state index in [0.717, 1.165) is 17.3 Å². The van der Waals surface area contributed by atoms with Crippen molar-refractivity contribution < 1.29 is 13.9 Å². The Bertz CT molecular complexity index is 1550. The first kappa shape index (κ1) is 24.0. The molecule has 1 fully saturated rings. The molecule has 5 rings (SSSR count). The first-order valence-corrected chi connectivity index (χ1v) is 12.5. The number of hydrogen-bond donors (Lipinski definition) is 0. The molecule has 1 saturated heterocycles. The van der Waals surface area contributed by atoms with E-state index in [1.165, 1.54) is 15.4 Å². The molecule has 0 bridgehead atoms. The number of amides is 1. The van der Waals surface area contributed by atoms with Crippen LogP contribution in [0.5, 0.6) is 11.6 Å². The molecule has 3 aromatic heterocycles. The van der Waals surface area contributed by atoms with Gasteiger partial charge in [-0.05, 0) is 53.5 Å². The topological polar surface area (TPSA) is 77.1 Å². The molecule has 4 aromatic rings. The summed E-state index contributed by atoms with van der Waals surface area (Å²) >= 11 is 6.56. The number of carbonyl (C=O) groups excluding carboxylic acids is 1. The normalized spacial score (nSPS) is 15.3. The monoisotopic (exact) mass is 517 g/mol. The molecule has 1 aliphatic rings. The van der Waals surface area contributed by atoms with E-state index < -0.39 is 0 Å². The number of nitrogens with zero attached hydrogens (tertiary/aromatic N) is 3. The zero-order valence-corrected chi connectivity index (χ0v) is 21.6. The zero-order chi connectivity index (χ0) is 25.4. The highest BCUT2D eigenvalue weighted by atomic mass is 32.2. The largest absolute Gasteiger partial charge is 0.467 e. The molecule has 9 heteroatoms. The Morgan fingerprint density at radius 2 is 1.86 bits per heavy atom. The number of rotatable bonds is 5. The Balaban J connectivity index is 1.55. The molecule has 0 atom stereocenters. The van der Waals surface area contributed by atoms with Crippen LogP contribution in [0, 0.1) is 0 Å². The van der Waals surface area contributed by atoms with Crippen molar-refractivity contribution in [2.75, 3.05) is 0 Å². The highest BCUT2D eigenvalue weighted by Crippen LogP contribution is 2.35. The summed E-state index contributed by atoms with van der Waals surface area (Å²) in [4.78, 5) is 33.0. The summed E-state index contributed by atoms with van der Waals surface area (Å²) < 4.78 is 13.3. The van der Waals surface area contributed by atoms with E-state index in [2.05, 4.69) is 25.8 Å². The lowest BCUT2D eigenvalue weighted by atomic mass is 9.87. The maximum atomic E-state index is 13.5. The van der Waals surface area contributed by atoms with E-state index in [1.54, 1.807) is 42.8 Å². The highest BCUT2D eigenvalue weighted by Gasteiger charge is 2.33. The third kappa shape index (κ3) is 4.72. The van der Waals surface area contributed by atoms with Crippen LogP contribution < -0.4 is 10.3 Å². The molecule has 0 aliphatic carbocycles. The lowest BCUT2D eigenvalue weighted by Gasteiger charge is -2.19. The summed E-state index contributed by atoms with van der Waals surface area (Å²) in [7, 11) is 0. The van der Waals surface area contributed by atoms with Crippen LogP contribution in [0.1, 0.15) is 37.7 Å². The van der Waals surface area contributed by atoms with Crippen molar-refractivity contribution in [1.82, 2.24) is 14.3 Å². The number of fused-ring (bicyclic) bond motifs is 1. The molecule has 1 amide bonds. The summed E-state index contributed by atoms with van der Waals surface area (Å²) in [6, 6.07) is 16.5. The number of benzene rings is 1. The number of hydrogen-bond acceptors (Lipinski definition) is 7. The molecule has 0 spiro atoms. The van der Waals surface area contributed by atoms with E-state index >= 15 is 0 Å². The van der Waals surface area contributed by atoms with Gasteiger partial charge in [-0.25, -0.2) is 0 Å². The molecular weight excluding hydrogens is 494 g/mol. The molecule has 1 aliphatic heterocycles. The van der Waals surface area contributed by atoms with Crippen molar-refractivity contribution in [1.29, 1.82) is 0 Å². The Hall–Kier alpha value is -3.69. The molecule has 7 nitrogen and oxygen atoms in total. The third-order valence-electron chi connectivity index (χ3n) is 5.71. The molecule has 1 aromatic carbocycles. The van der Waals surface area contributed by atoms with Gasteiger partial charge in [-0.2, -0.15) is 4.98 Å². The number of furan rings is 1. The van der Waals surface area contributed by atoms with Gasteiger partial charge >= 0.3 is 0 Å². The minimum Gasteiger partial charge on any atom is -0.467 e. The fourth-order valence-corrected chi connectivity index (χ4v) is 4.98. The van der Waals surface area contributed by atoms with E-state index in [1.807, 2.05) is 24.3 Å². The molecule has 0 saturated carbocycles. The summed E-state index contributed by atoms with van der Waals surface area (Å²) in [5.74, 6) is 0.961. The Kier molecular flexibility index (Phi) is 6.27. The zero-order valence-electron chi connectivity index (χ0n) is 19.9. The fourth-order valence-electron chi connectivity index (χ4n) is 3.74. The van der Waals surface area contributed by atoms with E-state index in [-0.39, 0.29) is 34.9 Å². The first-order valence-electron chi connectivity index (χ1n) is 11.3. The van der Waals surface area contributed by atoms with Crippen LogP contribution in [0.25, 0.3) is 11.7 Å². The quantitative estimate of drug-likeness (QED) is 0.245. The van der Waals surface area contributed by atoms with Gasteiger partial charge in [-0.15, -0.1) is 0 Å². The Labute approximate surface area is 217 Å². The maximum Gasteiger partial charge on any atom is 0.269 e. The number of ether oxygens (including phenoxy) is 1. The Morgan fingerprint density at radius 1 is 1.08 bits per heavy atom.